The van der Waals surface area contributed by atoms with Crippen LogP contribution in [0.5, 0.6) is 0 Å². The van der Waals surface area contributed by atoms with Gasteiger partial charge >= 0.3 is 0 Å². The molecular weight excluding hydrogens is 184 g/mol. The lowest BCUT2D eigenvalue weighted by Gasteiger charge is -2.16. The molecule has 72 valence electrons. The van der Waals surface area contributed by atoms with Crippen LogP contribution in [0.3, 0.4) is 0 Å². The Kier molecular flexibility index (Phi) is 3.60. The molecule has 0 aromatic rings. The molecule has 13 heavy (non-hydrogen) atoms. The molecule has 0 bridgehead atoms. The maximum absolute atomic E-state index is 10.1. The van der Waals surface area contributed by atoms with Gasteiger partial charge in [-0.15, -0.1) is 0 Å². The minimum Gasteiger partial charge on any atom is -0.547 e. The molecule has 0 fully saturated rings. The van der Waals surface area contributed by atoms with Gasteiger partial charge < -0.3 is 34.8 Å². The third kappa shape index (κ3) is 3.34. The first-order valence-electron chi connectivity index (χ1n) is 2.89. The van der Waals surface area contributed by atoms with Crippen molar-refractivity contribution in [3.63, 3.8) is 0 Å². The zero-order valence-corrected chi connectivity index (χ0v) is 6.05. The molecular formula is C6H3O7-3. The van der Waals surface area contributed by atoms with E-state index >= 15 is 0 Å². The van der Waals surface area contributed by atoms with Gasteiger partial charge in [-0.2, -0.15) is 0 Å². The number of carboxylic acid groups (broad SMARTS) is 3. The number of aliphatic hydroxyl groups excluding tert-OH is 1. The van der Waals surface area contributed by atoms with Gasteiger partial charge in [-0.1, -0.05) is 0 Å². The highest BCUT2D eigenvalue weighted by Gasteiger charge is 2.12. The van der Waals surface area contributed by atoms with E-state index in [1.165, 1.54) is 0 Å². The van der Waals surface area contributed by atoms with E-state index in [4.69, 9.17) is 5.11 Å². The summed E-state index contributed by atoms with van der Waals surface area (Å²) in [6.45, 7) is 0. The van der Waals surface area contributed by atoms with Crippen LogP contribution >= 0.6 is 0 Å². The van der Waals surface area contributed by atoms with Crippen molar-refractivity contribution in [2.24, 2.45) is 0 Å². The van der Waals surface area contributed by atoms with Crippen LogP contribution < -0.4 is 15.3 Å². The number of hydrogen-bond acceptors (Lipinski definition) is 7. The maximum Gasteiger partial charge on any atom is 0.120 e. The molecule has 0 aliphatic carbocycles. The Labute approximate surface area is 71.5 Å². The van der Waals surface area contributed by atoms with Crippen LogP contribution in [-0.4, -0.2) is 29.1 Å². The van der Waals surface area contributed by atoms with Gasteiger partial charge in [0.15, 0.2) is 0 Å². The predicted molar refractivity (Wildman–Crippen MR) is 29.1 cm³/mol. The Morgan fingerprint density at radius 2 is 1.62 bits per heavy atom. The second-order valence-corrected chi connectivity index (χ2v) is 1.93. The van der Waals surface area contributed by atoms with Crippen molar-refractivity contribution < 1.29 is 34.8 Å². The van der Waals surface area contributed by atoms with Gasteiger partial charge in [0.1, 0.15) is 6.10 Å². The Hall–Kier alpha value is -1.89. The summed E-state index contributed by atoms with van der Waals surface area (Å²) in [5.41, 5.74) is -1.33. The predicted octanol–water partition coefficient (Wildman–Crippen LogP) is -5.48. The molecule has 0 saturated heterocycles. The molecule has 0 aromatic heterocycles. The second kappa shape index (κ2) is 4.21. The fourth-order valence-corrected chi connectivity index (χ4v) is 0.503. The lowest BCUT2D eigenvalue weighted by molar-refractivity contribution is -0.318. The van der Waals surface area contributed by atoms with Crippen LogP contribution in [-0.2, 0) is 14.4 Å². The Balaban J connectivity index is 4.93. The van der Waals surface area contributed by atoms with Gasteiger partial charge in [0, 0.05) is 5.57 Å². The molecule has 7 nitrogen and oxygen atoms in total. The first-order valence-corrected chi connectivity index (χ1v) is 2.89. The topological polar surface area (TPSA) is 141 Å². The molecule has 0 rings (SSSR count). The Bertz CT molecular complexity index is 277. The minimum atomic E-state index is -2.55. The summed E-state index contributed by atoms with van der Waals surface area (Å²) >= 11 is 0. The largest absolute Gasteiger partial charge is 0.547 e. The average Bonchev–Trinajstić information content (AvgIpc) is 1.97. The van der Waals surface area contributed by atoms with E-state index < -0.39 is 29.6 Å². The van der Waals surface area contributed by atoms with Crippen molar-refractivity contribution in [2.45, 2.75) is 6.10 Å². The third-order valence-corrected chi connectivity index (χ3v) is 1.03. The third-order valence-electron chi connectivity index (χ3n) is 1.03. The van der Waals surface area contributed by atoms with E-state index in [2.05, 4.69) is 0 Å². The number of carboxylic acids is 3. The van der Waals surface area contributed by atoms with Crippen LogP contribution in [0.15, 0.2) is 11.6 Å². The molecule has 1 N–H and O–H groups in total. The Morgan fingerprint density at radius 1 is 1.15 bits per heavy atom. The summed E-state index contributed by atoms with van der Waals surface area (Å²) in [7, 11) is 0. The number of aliphatic hydroxyl groups is 1. The highest BCUT2D eigenvalue weighted by atomic mass is 16.4. The van der Waals surface area contributed by atoms with Gasteiger partial charge in [0.05, 0.1) is 17.9 Å². The SMILES string of the molecule is O=C([O-])/C=C(/C(=O)[O-])[C@@H](O)C(=O)[O-]. The van der Waals surface area contributed by atoms with Crippen molar-refractivity contribution in [3.05, 3.63) is 11.6 Å². The van der Waals surface area contributed by atoms with Crippen LogP contribution in [0.2, 0.25) is 0 Å². The molecule has 0 amide bonds. The van der Waals surface area contributed by atoms with Crippen molar-refractivity contribution in [1.82, 2.24) is 0 Å². The molecule has 0 aliphatic heterocycles. The number of carbonyl (C=O) groups excluding carboxylic acids is 3. The van der Waals surface area contributed by atoms with Gasteiger partial charge in [-0.3, -0.25) is 0 Å². The quantitative estimate of drug-likeness (QED) is 0.432. The molecule has 0 radical (unpaired) electrons. The molecule has 0 aromatic carbocycles. The molecule has 0 heterocycles. The van der Waals surface area contributed by atoms with E-state index in [0.717, 1.165) is 0 Å². The highest BCUT2D eigenvalue weighted by molar-refractivity contribution is 5.98. The standard InChI is InChI=1S/C6H6O7/c7-3(8)1-2(5(10)11)4(9)6(12)13/h1,4,9H,(H,7,8)(H,10,11)(H,12,13)/p-3/b2-1+/t4-/m1/s1. The second-order valence-electron chi connectivity index (χ2n) is 1.93. The van der Waals surface area contributed by atoms with E-state index in [1.54, 1.807) is 0 Å². The van der Waals surface area contributed by atoms with E-state index in [-0.39, 0.29) is 6.08 Å². The molecule has 1 atom stereocenters. The number of carbonyl (C=O) groups is 3. The molecule has 0 spiro atoms. The van der Waals surface area contributed by atoms with Crippen LogP contribution in [0.1, 0.15) is 0 Å². The van der Waals surface area contributed by atoms with Crippen LogP contribution in [0.25, 0.3) is 0 Å². The van der Waals surface area contributed by atoms with Gasteiger partial charge in [0.2, 0.25) is 0 Å². The zero-order chi connectivity index (χ0) is 10.6. The summed E-state index contributed by atoms with van der Waals surface area (Å²) in [4.78, 5) is 29.8. The van der Waals surface area contributed by atoms with Crippen molar-refractivity contribution >= 4 is 17.9 Å². The molecule has 0 saturated carbocycles. The number of hydrogen-bond donors (Lipinski definition) is 1. The summed E-state index contributed by atoms with van der Waals surface area (Å²) in [6, 6.07) is 0. The highest BCUT2D eigenvalue weighted by Crippen LogP contribution is 1.99. The first-order chi connectivity index (χ1) is 5.86. The first kappa shape index (κ1) is 11.1. The molecule has 0 aliphatic rings. The molecule has 7 heteroatoms. The fraction of sp³-hybridized carbons (Fsp3) is 0.167. The minimum absolute atomic E-state index is 0.0875. The van der Waals surface area contributed by atoms with Crippen LogP contribution in [0, 0.1) is 0 Å². The summed E-state index contributed by atoms with van der Waals surface area (Å²) in [6.07, 6.45) is -2.64. The Morgan fingerprint density at radius 3 is 1.85 bits per heavy atom. The molecule has 0 unspecified atom stereocenters. The number of aliphatic carboxylic acids is 3. The zero-order valence-electron chi connectivity index (χ0n) is 6.05. The van der Waals surface area contributed by atoms with Crippen molar-refractivity contribution in [3.8, 4) is 0 Å². The van der Waals surface area contributed by atoms with Crippen LogP contribution in [0.4, 0.5) is 0 Å². The van der Waals surface area contributed by atoms with Gasteiger partial charge in [-0.25, -0.2) is 0 Å². The number of rotatable bonds is 4. The monoisotopic (exact) mass is 187 g/mol. The van der Waals surface area contributed by atoms with Gasteiger partial charge in [-0.05, 0) is 6.08 Å². The summed E-state index contributed by atoms with van der Waals surface area (Å²) in [5.74, 6) is -6.22. The van der Waals surface area contributed by atoms with E-state index in [0.29, 0.717) is 0 Å². The summed E-state index contributed by atoms with van der Waals surface area (Å²) in [5, 5.41) is 38.4. The van der Waals surface area contributed by atoms with E-state index in [1.807, 2.05) is 0 Å². The normalized spacial score (nSPS) is 13.5. The summed E-state index contributed by atoms with van der Waals surface area (Å²) < 4.78 is 0. The fourth-order valence-electron chi connectivity index (χ4n) is 0.503. The van der Waals surface area contributed by atoms with E-state index in [9.17, 15) is 29.7 Å². The maximum atomic E-state index is 10.1. The lowest BCUT2D eigenvalue weighted by Crippen LogP contribution is -2.43. The average molecular weight is 187 g/mol. The van der Waals surface area contributed by atoms with Gasteiger partial charge in [0.25, 0.3) is 0 Å². The van der Waals surface area contributed by atoms with Crippen molar-refractivity contribution in [1.29, 1.82) is 0 Å². The smallest absolute Gasteiger partial charge is 0.120 e. The lowest BCUT2D eigenvalue weighted by atomic mass is 10.1. The van der Waals surface area contributed by atoms with Crippen molar-refractivity contribution in [2.75, 3.05) is 0 Å².